The van der Waals surface area contributed by atoms with Gasteiger partial charge >= 0.3 is 11.9 Å². The van der Waals surface area contributed by atoms with Crippen molar-refractivity contribution < 1.29 is 42.9 Å². The second kappa shape index (κ2) is 77.0. The maximum Gasteiger partial charge on any atom is 0.306 e. The first kappa shape index (κ1) is 92.2. The Labute approximate surface area is 591 Å². The number of esters is 2. The van der Waals surface area contributed by atoms with Gasteiger partial charge in [-0.1, -0.05) is 409 Å². The van der Waals surface area contributed by atoms with Gasteiger partial charge in [0.25, 0.3) is 0 Å². The summed E-state index contributed by atoms with van der Waals surface area (Å²) < 4.78 is 22.9. The smallest absolute Gasteiger partial charge is 0.306 e. The van der Waals surface area contributed by atoms with Gasteiger partial charge in [-0.2, -0.15) is 0 Å². The Bertz CT molecular complexity index is 1700. The van der Waals surface area contributed by atoms with Crippen LogP contribution >= 0.6 is 0 Å². The summed E-state index contributed by atoms with van der Waals surface area (Å²) >= 11 is 0. The maximum atomic E-state index is 13.0. The van der Waals surface area contributed by atoms with Gasteiger partial charge in [0, 0.05) is 12.8 Å². The topological polar surface area (TPSA) is 111 Å². The van der Waals surface area contributed by atoms with E-state index in [2.05, 4.69) is 62.5 Å². The van der Waals surface area contributed by atoms with E-state index in [0.717, 1.165) is 57.8 Å². The molecule has 95 heavy (non-hydrogen) atoms. The number of likely N-dealkylation sites (N-methyl/N-ethyl adjacent to an activating group) is 1. The molecule has 0 amide bonds. The predicted octanol–water partition coefficient (Wildman–Crippen LogP) is 25.5. The number of aliphatic carboxylic acids is 1. The molecule has 0 aromatic rings. The summed E-state index contributed by atoms with van der Waals surface area (Å²) in [7, 11) is 5.95. The molecule has 0 saturated heterocycles. The van der Waals surface area contributed by atoms with Crippen LogP contribution in [-0.2, 0) is 33.3 Å². The first-order valence-electron chi connectivity index (χ1n) is 41.8. The highest BCUT2D eigenvalue weighted by Gasteiger charge is 2.22. The van der Waals surface area contributed by atoms with Crippen molar-refractivity contribution in [2.75, 3.05) is 47.5 Å². The lowest BCUT2D eigenvalue weighted by atomic mass is 10.0. The quantitative estimate of drug-likeness (QED) is 0.0195. The van der Waals surface area contributed by atoms with Crippen LogP contribution in [0.1, 0.15) is 425 Å². The Morgan fingerprint density at radius 1 is 0.326 bits per heavy atom. The third kappa shape index (κ3) is 78.5. The zero-order valence-corrected chi connectivity index (χ0v) is 64.1. The van der Waals surface area contributed by atoms with E-state index in [9.17, 15) is 19.5 Å². The van der Waals surface area contributed by atoms with Crippen LogP contribution in [-0.4, -0.2) is 82.3 Å². The van der Waals surface area contributed by atoms with Crippen LogP contribution in [0.25, 0.3) is 0 Å². The van der Waals surface area contributed by atoms with Gasteiger partial charge in [0.1, 0.15) is 13.2 Å². The number of quaternary nitrogens is 1. The van der Waals surface area contributed by atoms with E-state index < -0.39 is 24.3 Å². The van der Waals surface area contributed by atoms with E-state index in [1.807, 2.05) is 21.1 Å². The minimum Gasteiger partial charge on any atom is -0.545 e. The number of carbonyl (C=O) groups is 3. The maximum absolute atomic E-state index is 13.0. The van der Waals surface area contributed by atoms with E-state index in [1.165, 1.54) is 334 Å². The summed E-state index contributed by atoms with van der Waals surface area (Å²) in [6.07, 6.45) is 98.4. The Hall–Kier alpha value is -2.75. The van der Waals surface area contributed by atoms with Crippen molar-refractivity contribution in [2.24, 2.45) is 0 Å². The van der Waals surface area contributed by atoms with Gasteiger partial charge in [-0.3, -0.25) is 9.59 Å². The molecule has 0 radical (unpaired) electrons. The van der Waals surface area contributed by atoms with Crippen molar-refractivity contribution in [3.8, 4) is 0 Å². The minimum atomic E-state index is -1.62. The van der Waals surface area contributed by atoms with Crippen molar-refractivity contribution >= 4 is 17.9 Å². The minimum absolute atomic E-state index is 0.150. The number of carbonyl (C=O) groups excluding carboxylic acids is 3. The molecule has 0 aliphatic heterocycles. The molecule has 0 rings (SSSR count). The molecule has 9 nitrogen and oxygen atoms in total. The molecule has 0 heterocycles. The molecule has 0 aromatic heterocycles. The molecule has 558 valence electrons. The Morgan fingerprint density at radius 2 is 0.600 bits per heavy atom. The fourth-order valence-corrected chi connectivity index (χ4v) is 12.8. The summed E-state index contributed by atoms with van der Waals surface area (Å²) in [5.41, 5.74) is 0. The molecule has 2 atom stereocenters. The third-order valence-electron chi connectivity index (χ3n) is 19.1. The van der Waals surface area contributed by atoms with E-state index in [4.69, 9.17) is 18.9 Å². The number of allylic oxidation sites excluding steroid dienone is 8. The van der Waals surface area contributed by atoms with Gasteiger partial charge in [-0.15, -0.1) is 0 Å². The van der Waals surface area contributed by atoms with Crippen molar-refractivity contribution in [1.82, 2.24) is 0 Å². The lowest BCUT2D eigenvalue weighted by molar-refractivity contribution is -0.870. The van der Waals surface area contributed by atoms with E-state index in [0.29, 0.717) is 23.9 Å². The van der Waals surface area contributed by atoms with Crippen LogP contribution in [0.4, 0.5) is 0 Å². The molecule has 0 N–H and O–H groups in total. The van der Waals surface area contributed by atoms with Gasteiger partial charge in [-0.25, -0.2) is 0 Å². The lowest BCUT2D eigenvalue weighted by Gasteiger charge is -2.26. The Balaban J connectivity index is 3.91. The van der Waals surface area contributed by atoms with E-state index in [1.54, 1.807) is 0 Å². The number of ether oxygens (including phenoxy) is 4. The first-order valence-corrected chi connectivity index (χ1v) is 41.8. The van der Waals surface area contributed by atoms with Crippen LogP contribution in [0.15, 0.2) is 48.6 Å². The molecular formula is C86H161NO8. The van der Waals surface area contributed by atoms with E-state index >= 15 is 0 Å². The zero-order chi connectivity index (χ0) is 69.0. The SMILES string of the molecule is CC/C=C\C/C=C\C/C=C\C/C=C\CCCCCCCCCCCCCCCCCCC(=O)OC(COC(=O)CCCCCCCCCCCCCCCCCCCCCCCCCCCCCCCCCCCCCCCCCCC)COC(OCC[N+](C)(C)C)C(=O)[O-]. The highest BCUT2D eigenvalue weighted by molar-refractivity contribution is 5.70. The van der Waals surface area contributed by atoms with Crippen LogP contribution < -0.4 is 5.11 Å². The number of carboxylic acids is 1. The largest absolute Gasteiger partial charge is 0.545 e. The summed E-state index contributed by atoms with van der Waals surface area (Å²) in [4.78, 5) is 37.6. The summed E-state index contributed by atoms with van der Waals surface area (Å²) in [6, 6.07) is 0. The summed E-state index contributed by atoms with van der Waals surface area (Å²) in [6.45, 7) is 4.71. The number of carboxylic acid groups (broad SMARTS) is 1. The molecule has 2 unspecified atom stereocenters. The second-order valence-corrected chi connectivity index (χ2v) is 29.8. The van der Waals surface area contributed by atoms with Crippen molar-refractivity contribution in [1.29, 1.82) is 0 Å². The average Bonchev–Trinajstić information content (AvgIpc) is 2.86. The van der Waals surface area contributed by atoms with Gasteiger partial charge in [0.2, 0.25) is 0 Å². The second-order valence-electron chi connectivity index (χ2n) is 29.8. The van der Waals surface area contributed by atoms with E-state index in [-0.39, 0.29) is 32.2 Å². The molecular weight excluding hydrogens is 1170 g/mol. The normalized spacial score (nSPS) is 12.8. The molecule has 9 heteroatoms. The van der Waals surface area contributed by atoms with Gasteiger partial charge < -0.3 is 33.3 Å². The molecule has 0 fully saturated rings. The van der Waals surface area contributed by atoms with Gasteiger partial charge in [-0.05, 0) is 51.4 Å². The molecule has 0 bridgehead atoms. The zero-order valence-electron chi connectivity index (χ0n) is 64.1. The number of unbranched alkanes of at least 4 members (excludes halogenated alkanes) is 56. The summed E-state index contributed by atoms with van der Waals surface area (Å²) in [5.74, 6) is -2.25. The average molecular weight is 1340 g/mol. The fourth-order valence-electron chi connectivity index (χ4n) is 12.8. The Morgan fingerprint density at radius 3 is 0.895 bits per heavy atom. The van der Waals surface area contributed by atoms with Crippen molar-refractivity contribution in [3.05, 3.63) is 48.6 Å². The Kier molecular flexibility index (Phi) is 74.8. The third-order valence-corrected chi connectivity index (χ3v) is 19.1. The monoisotopic (exact) mass is 1340 g/mol. The van der Waals surface area contributed by atoms with Gasteiger partial charge in [0.15, 0.2) is 12.4 Å². The first-order chi connectivity index (χ1) is 46.6. The molecule has 0 aliphatic rings. The highest BCUT2D eigenvalue weighted by atomic mass is 16.7. The highest BCUT2D eigenvalue weighted by Crippen LogP contribution is 2.20. The van der Waals surface area contributed by atoms with Crippen molar-refractivity contribution in [2.45, 2.75) is 437 Å². The van der Waals surface area contributed by atoms with Crippen LogP contribution in [0.5, 0.6) is 0 Å². The number of nitrogens with zero attached hydrogens (tertiary/aromatic N) is 1. The molecule has 0 aliphatic carbocycles. The standard InChI is InChI=1S/C86H161NO8/c1-6-8-10-12-14-16-18-20-22-24-26-28-30-32-34-36-37-38-39-40-41-42-43-44-45-46-47-49-50-52-54-56-58-60-62-64-66-68-70-72-74-76-83(88)93-80-82(81-94-86(85(90)91)92-79-78-87(3,4)5)95-84(89)77-75-73-71-69-67-65-63-61-59-57-55-53-51-48-35-33-31-29-27-25-23-21-19-17-15-13-11-9-7-2/h9,11,15,17,21,23,27,29,82,86H,6-8,10,12-14,16,18-20,22,24-26,28,30-81H2,1-5H3/b11-9-,17-15-,23-21-,29-27-. The number of hydrogen-bond donors (Lipinski definition) is 0. The van der Waals surface area contributed by atoms with Crippen LogP contribution in [0.3, 0.4) is 0 Å². The number of rotatable bonds is 79. The lowest BCUT2D eigenvalue weighted by Crippen LogP contribution is -2.44. The van der Waals surface area contributed by atoms with Crippen molar-refractivity contribution in [3.63, 3.8) is 0 Å². The van der Waals surface area contributed by atoms with Crippen LogP contribution in [0.2, 0.25) is 0 Å². The fraction of sp³-hybridized carbons (Fsp3) is 0.872. The molecule has 0 saturated carbocycles. The molecule has 0 spiro atoms. The predicted molar refractivity (Wildman–Crippen MR) is 408 cm³/mol. The van der Waals surface area contributed by atoms with Gasteiger partial charge in [0.05, 0.1) is 40.3 Å². The van der Waals surface area contributed by atoms with Crippen LogP contribution in [0, 0.1) is 0 Å². The number of hydrogen-bond acceptors (Lipinski definition) is 8. The summed E-state index contributed by atoms with van der Waals surface area (Å²) in [5, 5.41) is 11.9. The molecule has 0 aromatic carbocycles.